The molecule has 0 saturated heterocycles. The summed E-state index contributed by atoms with van der Waals surface area (Å²) in [6.45, 7) is 4.23. The van der Waals surface area contributed by atoms with Gasteiger partial charge in [0.15, 0.2) is 0 Å². The number of aliphatic carboxylic acids is 1. The second-order valence-electron chi connectivity index (χ2n) is 4.70. The van der Waals surface area contributed by atoms with Crippen LogP contribution >= 0.6 is 15.9 Å². The van der Waals surface area contributed by atoms with E-state index >= 15 is 0 Å². The van der Waals surface area contributed by atoms with E-state index < -0.39 is 5.97 Å². The molecule has 2 aromatic rings. The molecule has 0 spiro atoms. The highest BCUT2D eigenvalue weighted by atomic mass is 79.9. The predicted molar refractivity (Wildman–Crippen MR) is 76.0 cm³/mol. The fourth-order valence-electron chi connectivity index (χ4n) is 2.29. The normalized spacial score (nSPS) is 11.3. The largest absolute Gasteiger partial charge is 0.481 e. The summed E-state index contributed by atoms with van der Waals surface area (Å²) in [5, 5.41) is 9.97. The van der Waals surface area contributed by atoms with Crippen LogP contribution in [-0.2, 0) is 11.2 Å². The van der Waals surface area contributed by atoms with E-state index in [4.69, 9.17) is 5.11 Å². The Morgan fingerprint density at radius 1 is 1.39 bits per heavy atom. The number of rotatable bonds is 4. The number of carboxylic acid groups (broad SMARTS) is 1. The van der Waals surface area contributed by atoms with Crippen LogP contribution in [0.15, 0.2) is 28.7 Å². The minimum Gasteiger partial charge on any atom is -0.481 e. The molecule has 0 unspecified atom stereocenters. The maximum absolute atomic E-state index is 10.7. The van der Waals surface area contributed by atoms with Crippen molar-refractivity contribution in [3.63, 3.8) is 0 Å². The van der Waals surface area contributed by atoms with Crippen LogP contribution in [-0.4, -0.2) is 15.6 Å². The van der Waals surface area contributed by atoms with Gasteiger partial charge in [0.2, 0.25) is 0 Å². The van der Waals surface area contributed by atoms with Crippen LogP contribution in [0.4, 0.5) is 0 Å². The highest BCUT2D eigenvalue weighted by molar-refractivity contribution is 9.10. The van der Waals surface area contributed by atoms with Gasteiger partial charge in [-0.05, 0) is 43.9 Å². The lowest BCUT2D eigenvalue weighted by Gasteiger charge is -2.14. The van der Waals surface area contributed by atoms with Crippen LogP contribution in [0.5, 0.6) is 0 Å². The molecule has 18 heavy (non-hydrogen) atoms. The SMILES string of the molecule is CC(C)n1c(CCC(=O)O)cc2ccc(Br)cc21. The Balaban J connectivity index is 2.51. The van der Waals surface area contributed by atoms with Crippen LogP contribution in [0.1, 0.15) is 32.0 Å². The number of nitrogens with zero attached hydrogens (tertiary/aromatic N) is 1. The molecule has 0 aliphatic heterocycles. The lowest BCUT2D eigenvalue weighted by atomic mass is 10.2. The van der Waals surface area contributed by atoms with Crippen molar-refractivity contribution in [2.75, 3.05) is 0 Å². The van der Waals surface area contributed by atoms with Gasteiger partial charge in [-0.25, -0.2) is 0 Å². The number of carboxylic acids is 1. The third-order valence-corrected chi connectivity index (χ3v) is 3.49. The van der Waals surface area contributed by atoms with Crippen molar-refractivity contribution < 1.29 is 9.90 Å². The monoisotopic (exact) mass is 309 g/mol. The van der Waals surface area contributed by atoms with Gasteiger partial charge in [0.05, 0.1) is 6.42 Å². The number of aryl methyl sites for hydroxylation is 1. The van der Waals surface area contributed by atoms with Crippen LogP contribution in [0.2, 0.25) is 0 Å². The molecule has 0 radical (unpaired) electrons. The Bertz CT molecular complexity index is 587. The van der Waals surface area contributed by atoms with E-state index in [0.29, 0.717) is 12.5 Å². The van der Waals surface area contributed by atoms with E-state index in [0.717, 1.165) is 21.1 Å². The minimum atomic E-state index is -0.753. The topological polar surface area (TPSA) is 42.2 Å². The number of hydrogen-bond acceptors (Lipinski definition) is 1. The molecule has 0 aliphatic carbocycles. The molecule has 1 N–H and O–H groups in total. The van der Waals surface area contributed by atoms with Crippen LogP contribution in [0.25, 0.3) is 10.9 Å². The quantitative estimate of drug-likeness (QED) is 0.927. The maximum Gasteiger partial charge on any atom is 0.303 e. The number of hydrogen-bond donors (Lipinski definition) is 1. The van der Waals surface area contributed by atoms with Gasteiger partial charge in [0.25, 0.3) is 0 Å². The second-order valence-corrected chi connectivity index (χ2v) is 5.61. The van der Waals surface area contributed by atoms with Crippen molar-refractivity contribution in [3.05, 3.63) is 34.4 Å². The lowest BCUT2D eigenvalue weighted by molar-refractivity contribution is -0.136. The summed E-state index contributed by atoms with van der Waals surface area (Å²) in [6.07, 6.45) is 0.740. The molecule has 0 amide bonds. The summed E-state index contributed by atoms with van der Waals surface area (Å²) in [6, 6.07) is 8.56. The van der Waals surface area contributed by atoms with Crippen molar-refractivity contribution in [2.24, 2.45) is 0 Å². The average molecular weight is 310 g/mol. The molecule has 4 heteroatoms. The summed E-state index contributed by atoms with van der Waals surface area (Å²) in [5.41, 5.74) is 2.24. The fourth-order valence-corrected chi connectivity index (χ4v) is 2.64. The molecule has 0 aliphatic rings. The molecule has 3 nitrogen and oxygen atoms in total. The molecular weight excluding hydrogens is 294 g/mol. The van der Waals surface area contributed by atoms with Gasteiger partial charge in [-0.2, -0.15) is 0 Å². The fraction of sp³-hybridized carbons (Fsp3) is 0.357. The van der Waals surface area contributed by atoms with Crippen molar-refractivity contribution in [1.29, 1.82) is 0 Å². The molecule has 0 bridgehead atoms. The van der Waals surface area contributed by atoms with Gasteiger partial charge in [0.1, 0.15) is 0 Å². The predicted octanol–water partition coefficient (Wildman–Crippen LogP) is 4.00. The van der Waals surface area contributed by atoms with Crippen molar-refractivity contribution >= 4 is 32.8 Å². The first-order chi connectivity index (χ1) is 8.49. The summed E-state index contributed by atoms with van der Waals surface area (Å²) in [5.74, 6) is -0.753. The Morgan fingerprint density at radius 3 is 2.72 bits per heavy atom. The first-order valence-electron chi connectivity index (χ1n) is 6.00. The summed E-state index contributed by atoms with van der Waals surface area (Å²) < 4.78 is 3.25. The maximum atomic E-state index is 10.7. The molecule has 2 rings (SSSR count). The summed E-state index contributed by atoms with van der Waals surface area (Å²) in [4.78, 5) is 10.7. The van der Waals surface area contributed by atoms with E-state index in [1.54, 1.807) is 0 Å². The van der Waals surface area contributed by atoms with Gasteiger partial charge in [-0.3, -0.25) is 4.79 Å². The third-order valence-electron chi connectivity index (χ3n) is 2.99. The Morgan fingerprint density at radius 2 is 2.11 bits per heavy atom. The highest BCUT2D eigenvalue weighted by Crippen LogP contribution is 2.27. The molecule has 96 valence electrons. The van der Waals surface area contributed by atoms with Crippen LogP contribution in [0.3, 0.4) is 0 Å². The number of halogens is 1. The Labute approximate surface area is 115 Å². The first-order valence-corrected chi connectivity index (χ1v) is 6.79. The molecule has 0 saturated carbocycles. The van der Waals surface area contributed by atoms with E-state index in [2.05, 4.69) is 52.5 Å². The van der Waals surface area contributed by atoms with Crippen molar-refractivity contribution in [1.82, 2.24) is 4.57 Å². The standard InChI is InChI=1S/C14H16BrNO2/c1-9(2)16-12(5-6-14(17)18)7-10-3-4-11(15)8-13(10)16/h3-4,7-9H,5-6H2,1-2H3,(H,17,18). The van der Waals surface area contributed by atoms with E-state index in [1.807, 2.05) is 6.07 Å². The number of carbonyl (C=O) groups is 1. The smallest absolute Gasteiger partial charge is 0.303 e. The molecule has 1 aromatic carbocycles. The van der Waals surface area contributed by atoms with E-state index in [9.17, 15) is 4.79 Å². The van der Waals surface area contributed by atoms with Gasteiger partial charge >= 0.3 is 5.97 Å². The highest BCUT2D eigenvalue weighted by Gasteiger charge is 2.12. The minimum absolute atomic E-state index is 0.171. The Kier molecular flexibility index (Phi) is 3.76. The van der Waals surface area contributed by atoms with Crippen molar-refractivity contribution in [3.8, 4) is 0 Å². The number of aromatic nitrogens is 1. The zero-order valence-electron chi connectivity index (χ0n) is 10.5. The molecule has 0 atom stereocenters. The summed E-state index contributed by atoms with van der Waals surface area (Å²) >= 11 is 3.48. The molecule has 0 fully saturated rings. The first kappa shape index (κ1) is 13.1. The van der Waals surface area contributed by atoms with Crippen LogP contribution in [0, 0.1) is 0 Å². The number of fused-ring (bicyclic) bond motifs is 1. The zero-order chi connectivity index (χ0) is 13.3. The van der Waals surface area contributed by atoms with Crippen LogP contribution < -0.4 is 0 Å². The van der Waals surface area contributed by atoms with E-state index in [-0.39, 0.29) is 6.42 Å². The van der Waals surface area contributed by atoms with Gasteiger partial charge in [-0.15, -0.1) is 0 Å². The van der Waals surface area contributed by atoms with Gasteiger partial charge in [0, 0.05) is 21.7 Å². The van der Waals surface area contributed by atoms with Gasteiger partial charge < -0.3 is 9.67 Å². The summed E-state index contributed by atoms with van der Waals surface area (Å²) in [7, 11) is 0. The van der Waals surface area contributed by atoms with Crippen molar-refractivity contribution in [2.45, 2.75) is 32.7 Å². The third kappa shape index (κ3) is 2.58. The average Bonchev–Trinajstić information content (AvgIpc) is 2.63. The zero-order valence-corrected chi connectivity index (χ0v) is 12.1. The van der Waals surface area contributed by atoms with E-state index in [1.165, 1.54) is 0 Å². The van der Waals surface area contributed by atoms with Gasteiger partial charge in [-0.1, -0.05) is 22.0 Å². The second kappa shape index (κ2) is 5.14. The molecule has 1 aromatic heterocycles. The number of benzene rings is 1. The molecule has 1 heterocycles. The lowest BCUT2D eigenvalue weighted by Crippen LogP contribution is -2.07. The Hall–Kier alpha value is -1.29. The molecular formula is C14H16BrNO2.